The first kappa shape index (κ1) is 13.2. The Labute approximate surface area is 81.0 Å². The molecule has 0 fully saturated rings. The fourth-order valence-electron chi connectivity index (χ4n) is 0.639. The average Bonchev–Trinajstić information content (AvgIpc) is 2.24. The third kappa shape index (κ3) is 2.15. The van der Waals surface area contributed by atoms with Gasteiger partial charge >= 0.3 is 0 Å². The second kappa shape index (κ2) is 5.15. The summed E-state index contributed by atoms with van der Waals surface area (Å²) in [5, 5.41) is 7.69. The molecule has 1 nitrogen and oxygen atoms in total. The van der Waals surface area contributed by atoms with E-state index in [-0.39, 0.29) is 0 Å². The van der Waals surface area contributed by atoms with Crippen molar-refractivity contribution in [2.24, 2.45) is 0 Å². The van der Waals surface area contributed by atoms with E-state index in [4.69, 9.17) is 5.11 Å². The van der Waals surface area contributed by atoms with Crippen molar-refractivity contribution in [3.63, 3.8) is 0 Å². The first-order valence-electron chi connectivity index (χ1n) is 3.77. The standard InChI is InChI=1S/C6H3F4OP.C2H6/c7-1-2(8)5(11)4(10)6(12)3(1)9;1-2/h11H,12H2;1-2H3. The van der Waals surface area contributed by atoms with Gasteiger partial charge in [0.2, 0.25) is 5.82 Å². The molecule has 0 heterocycles. The number of benzene rings is 1. The highest BCUT2D eigenvalue weighted by Crippen LogP contribution is 2.24. The molecule has 0 amide bonds. The maximum Gasteiger partial charge on any atom is 0.206 e. The summed E-state index contributed by atoms with van der Waals surface area (Å²) in [6.07, 6.45) is 0. The lowest BCUT2D eigenvalue weighted by molar-refractivity contribution is 0.363. The number of hydrogen-bond donors (Lipinski definition) is 1. The first-order valence-corrected chi connectivity index (χ1v) is 4.35. The molecule has 0 saturated heterocycles. The molecule has 0 aliphatic heterocycles. The molecule has 0 aliphatic rings. The number of phenolic OH excluding ortho intramolecular Hbond substituents is 1. The predicted octanol–water partition coefficient (Wildman–Crippen LogP) is 2.48. The molecule has 0 spiro atoms. The lowest BCUT2D eigenvalue weighted by Crippen LogP contribution is -2.10. The van der Waals surface area contributed by atoms with E-state index in [1.54, 1.807) is 0 Å². The zero-order valence-electron chi connectivity index (χ0n) is 7.54. The van der Waals surface area contributed by atoms with Crippen LogP contribution in [-0.2, 0) is 0 Å². The number of hydrogen-bond acceptors (Lipinski definition) is 1. The van der Waals surface area contributed by atoms with Gasteiger partial charge in [-0.1, -0.05) is 23.1 Å². The molecule has 0 aliphatic carbocycles. The molecule has 1 aromatic carbocycles. The number of rotatable bonds is 0. The van der Waals surface area contributed by atoms with Crippen LogP contribution in [0.5, 0.6) is 5.75 Å². The Morgan fingerprint density at radius 1 is 0.857 bits per heavy atom. The zero-order chi connectivity index (χ0) is 11.5. The van der Waals surface area contributed by atoms with Crippen molar-refractivity contribution in [2.75, 3.05) is 0 Å². The number of phenols is 1. The van der Waals surface area contributed by atoms with Gasteiger partial charge in [0.15, 0.2) is 23.2 Å². The van der Waals surface area contributed by atoms with E-state index in [0.29, 0.717) is 0 Å². The molecule has 1 N–H and O–H groups in total. The van der Waals surface area contributed by atoms with Crippen molar-refractivity contribution in [2.45, 2.75) is 13.8 Å². The second-order valence-corrected chi connectivity index (χ2v) is 2.60. The van der Waals surface area contributed by atoms with Gasteiger partial charge in [-0.3, -0.25) is 0 Å². The molecule has 1 atom stereocenters. The van der Waals surface area contributed by atoms with E-state index in [9.17, 15) is 17.6 Å². The Morgan fingerprint density at radius 2 is 1.29 bits per heavy atom. The third-order valence-electron chi connectivity index (χ3n) is 1.27. The Kier molecular flexibility index (Phi) is 4.85. The molecular weight excluding hydrogens is 219 g/mol. The van der Waals surface area contributed by atoms with Crippen molar-refractivity contribution in [1.29, 1.82) is 0 Å². The van der Waals surface area contributed by atoms with Gasteiger partial charge in [0, 0.05) is 5.30 Å². The van der Waals surface area contributed by atoms with E-state index >= 15 is 0 Å². The SMILES string of the molecule is CC.Oc1c(F)c(F)c(F)c(P)c1F. The quantitative estimate of drug-likeness (QED) is 0.313. The van der Waals surface area contributed by atoms with Crippen LogP contribution < -0.4 is 5.30 Å². The summed E-state index contributed by atoms with van der Waals surface area (Å²) < 4.78 is 49.6. The molecule has 0 bridgehead atoms. The van der Waals surface area contributed by atoms with Crippen LogP contribution >= 0.6 is 9.24 Å². The predicted molar refractivity (Wildman–Crippen MR) is 48.6 cm³/mol. The van der Waals surface area contributed by atoms with Gasteiger partial charge in [-0.15, -0.1) is 0 Å². The highest BCUT2D eigenvalue weighted by molar-refractivity contribution is 7.27. The summed E-state index contributed by atoms with van der Waals surface area (Å²) in [4.78, 5) is 0. The highest BCUT2D eigenvalue weighted by Gasteiger charge is 2.22. The molecular formula is C8H9F4OP. The summed E-state index contributed by atoms with van der Waals surface area (Å²) in [6.45, 7) is 4.00. The maximum atomic E-state index is 12.5. The minimum atomic E-state index is -1.92. The van der Waals surface area contributed by atoms with Crippen LogP contribution in [0.2, 0.25) is 0 Å². The lowest BCUT2D eigenvalue weighted by atomic mass is 10.3. The number of aromatic hydroxyl groups is 1. The van der Waals surface area contributed by atoms with Crippen molar-refractivity contribution in [3.8, 4) is 5.75 Å². The van der Waals surface area contributed by atoms with Crippen molar-refractivity contribution in [3.05, 3.63) is 23.3 Å². The topological polar surface area (TPSA) is 20.2 Å². The summed E-state index contributed by atoms with van der Waals surface area (Å²) in [6, 6.07) is 0. The van der Waals surface area contributed by atoms with Gasteiger partial charge in [0.1, 0.15) is 0 Å². The van der Waals surface area contributed by atoms with Crippen LogP contribution in [0, 0.1) is 23.3 Å². The summed E-state index contributed by atoms with van der Waals surface area (Å²) in [5.41, 5.74) is 0. The van der Waals surface area contributed by atoms with Crippen LogP contribution in [-0.4, -0.2) is 5.11 Å². The van der Waals surface area contributed by atoms with E-state index in [1.807, 2.05) is 13.8 Å². The second-order valence-electron chi connectivity index (χ2n) is 2.02. The molecule has 6 heteroatoms. The summed E-state index contributed by atoms with van der Waals surface area (Å²) in [5.74, 6) is -8.50. The van der Waals surface area contributed by atoms with Gasteiger partial charge in [0.05, 0.1) is 0 Å². The monoisotopic (exact) mass is 228 g/mol. The van der Waals surface area contributed by atoms with Crippen LogP contribution in [0.1, 0.15) is 13.8 Å². The third-order valence-corrected chi connectivity index (χ3v) is 1.78. The molecule has 0 saturated carbocycles. The largest absolute Gasteiger partial charge is 0.503 e. The van der Waals surface area contributed by atoms with Gasteiger partial charge in [-0.2, -0.15) is 4.39 Å². The molecule has 80 valence electrons. The summed E-state index contributed by atoms with van der Waals surface area (Å²) in [7, 11) is 1.52. The normalized spacial score (nSPS) is 9.36. The Morgan fingerprint density at radius 3 is 1.71 bits per heavy atom. The van der Waals surface area contributed by atoms with Crippen LogP contribution in [0.15, 0.2) is 0 Å². The fourth-order valence-corrected chi connectivity index (χ4v) is 0.902. The Bertz CT molecular complexity index is 236. The minimum Gasteiger partial charge on any atom is -0.503 e. The smallest absolute Gasteiger partial charge is 0.206 e. The first-order chi connectivity index (χ1) is 6.46. The number of halogens is 4. The molecule has 14 heavy (non-hydrogen) atoms. The van der Waals surface area contributed by atoms with E-state index in [1.165, 1.54) is 9.24 Å². The van der Waals surface area contributed by atoms with Gasteiger partial charge in [0.25, 0.3) is 0 Å². The van der Waals surface area contributed by atoms with Gasteiger partial charge in [-0.05, 0) is 0 Å². The molecule has 0 radical (unpaired) electrons. The van der Waals surface area contributed by atoms with Crippen LogP contribution in [0.3, 0.4) is 0 Å². The zero-order valence-corrected chi connectivity index (χ0v) is 8.69. The van der Waals surface area contributed by atoms with Crippen LogP contribution in [0.4, 0.5) is 17.6 Å². The van der Waals surface area contributed by atoms with Crippen molar-refractivity contribution < 1.29 is 22.7 Å². The maximum absolute atomic E-state index is 12.5. The summed E-state index contributed by atoms with van der Waals surface area (Å²) >= 11 is 0. The van der Waals surface area contributed by atoms with Crippen molar-refractivity contribution >= 4 is 14.5 Å². The highest BCUT2D eigenvalue weighted by atomic mass is 31.0. The fraction of sp³-hybridized carbons (Fsp3) is 0.250. The van der Waals surface area contributed by atoms with E-state index in [0.717, 1.165) is 0 Å². The Hall–Kier alpha value is -0.830. The molecule has 0 aromatic heterocycles. The van der Waals surface area contributed by atoms with Gasteiger partial charge < -0.3 is 5.11 Å². The lowest BCUT2D eigenvalue weighted by Gasteiger charge is -2.03. The molecule has 1 aromatic rings. The van der Waals surface area contributed by atoms with E-state index < -0.39 is 34.3 Å². The minimum absolute atomic E-state index is 0.827. The van der Waals surface area contributed by atoms with Crippen LogP contribution in [0.25, 0.3) is 0 Å². The van der Waals surface area contributed by atoms with E-state index in [2.05, 4.69) is 0 Å². The van der Waals surface area contributed by atoms with Crippen molar-refractivity contribution in [1.82, 2.24) is 0 Å². The van der Waals surface area contributed by atoms with Gasteiger partial charge in [-0.25, -0.2) is 13.2 Å². The molecule has 1 unspecified atom stereocenters. The Balaban J connectivity index is 0.000000791. The molecule has 1 rings (SSSR count). The average molecular weight is 228 g/mol.